The van der Waals surface area contributed by atoms with E-state index < -0.39 is 0 Å². The van der Waals surface area contributed by atoms with Gasteiger partial charge in [0.2, 0.25) is 6.79 Å². The molecule has 0 unspecified atom stereocenters. The van der Waals surface area contributed by atoms with Crippen LogP contribution in [0.25, 0.3) is 0 Å². The first kappa shape index (κ1) is 14.5. The molecule has 0 bridgehead atoms. The molecular formula is C14H20N2O4. The third-order valence-corrected chi connectivity index (χ3v) is 3.16. The van der Waals surface area contributed by atoms with Gasteiger partial charge in [-0.15, -0.1) is 0 Å². The molecule has 2 rings (SSSR count). The number of anilines is 1. The quantitative estimate of drug-likeness (QED) is 0.516. The van der Waals surface area contributed by atoms with Gasteiger partial charge in [-0.25, -0.2) is 0 Å². The van der Waals surface area contributed by atoms with E-state index in [2.05, 4.69) is 5.32 Å². The highest BCUT2D eigenvalue weighted by atomic mass is 16.7. The zero-order chi connectivity index (χ0) is 14.4. The highest BCUT2D eigenvalue weighted by Crippen LogP contribution is 2.35. The van der Waals surface area contributed by atoms with Crippen LogP contribution in [0, 0.1) is 0 Å². The zero-order valence-electron chi connectivity index (χ0n) is 11.4. The smallest absolute Gasteiger partial charge is 0.253 e. The number of hydrogen-bond acceptors (Lipinski definition) is 5. The third-order valence-electron chi connectivity index (χ3n) is 3.16. The summed E-state index contributed by atoms with van der Waals surface area (Å²) in [7, 11) is 0. The number of unbranched alkanes of at least 4 members (excludes halogenated alkanes) is 3. The molecule has 1 amide bonds. The average Bonchev–Trinajstić information content (AvgIpc) is 2.88. The fraction of sp³-hybridized carbons (Fsp3) is 0.500. The lowest BCUT2D eigenvalue weighted by atomic mass is 10.1. The van der Waals surface area contributed by atoms with E-state index in [4.69, 9.17) is 20.3 Å². The van der Waals surface area contributed by atoms with Gasteiger partial charge in [-0.1, -0.05) is 12.8 Å². The lowest BCUT2D eigenvalue weighted by Crippen LogP contribution is -2.25. The molecule has 1 aliphatic heterocycles. The second kappa shape index (κ2) is 7.00. The fourth-order valence-electron chi connectivity index (χ4n) is 2.04. The predicted molar refractivity (Wildman–Crippen MR) is 74.9 cm³/mol. The average molecular weight is 280 g/mol. The van der Waals surface area contributed by atoms with Crippen LogP contribution in [0.4, 0.5) is 5.69 Å². The summed E-state index contributed by atoms with van der Waals surface area (Å²) in [5.41, 5.74) is 6.63. The van der Waals surface area contributed by atoms with Crippen LogP contribution in [0.3, 0.4) is 0 Å². The standard InChI is InChI=1S/C14H20N2O4/c15-11-8-13-12(19-9-20-13)7-10(11)14(18)16-5-3-1-2-4-6-17/h7-8,17H,1-6,9,15H2,(H,16,18). The lowest BCUT2D eigenvalue weighted by Gasteiger charge is -2.08. The Morgan fingerprint density at radius 2 is 1.90 bits per heavy atom. The summed E-state index contributed by atoms with van der Waals surface area (Å²) < 4.78 is 10.4. The molecule has 0 saturated heterocycles. The van der Waals surface area contributed by atoms with Crippen LogP contribution in [0.15, 0.2) is 12.1 Å². The Hall–Kier alpha value is -1.95. The molecule has 0 aromatic heterocycles. The third kappa shape index (κ3) is 3.54. The van der Waals surface area contributed by atoms with Crippen LogP contribution in [-0.4, -0.2) is 31.0 Å². The first-order valence-corrected chi connectivity index (χ1v) is 6.80. The molecule has 0 atom stereocenters. The molecule has 0 saturated carbocycles. The summed E-state index contributed by atoms with van der Waals surface area (Å²) in [5, 5.41) is 11.5. The Kier molecular flexibility index (Phi) is 5.06. The lowest BCUT2D eigenvalue weighted by molar-refractivity contribution is 0.0953. The highest BCUT2D eigenvalue weighted by Gasteiger charge is 2.19. The molecule has 0 spiro atoms. The minimum absolute atomic E-state index is 0.157. The summed E-state index contributed by atoms with van der Waals surface area (Å²) in [5.74, 6) is 0.915. The van der Waals surface area contributed by atoms with Crippen LogP contribution < -0.4 is 20.5 Å². The van der Waals surface area contributed by atoms with E-state index in [1.165, 1.54) is 0 Å². The maximum absolute atomic E-state index is 12.0. The number of hydrogen-bond donors (Lipinski definition) is 3. The van der Waals surface area contributed by atoms with E-state index in [0.29, 0.717) is 29.3 Å². The van der Waals surface area contributed by atoms with E-state index >= 15 is 0 Å². The van der Waals surface area contributed by atoms with Crippen molar-refractivity contribution in [1.82, 2.24) is 5.32 Å². The summed E-state index contributed by atoms with van der Waals surface area (Å²) in [6.07, 6.45) is 3.65. The first-order valence-electron chi connectivity index (χ1n) is 6.80. The van der Waals surface area contributed by atoms with Crippen LogP contribution >= 0.6 is 0 Å². The van der Waals surface area contributed by atoms with E-state index in [1.54, 1.807) is 12.1 Å². The fourth-order valence-corrected chi connectivity index (χ4v) is 2.04. The van der Waals surface area contributed by atoms with Gasteiger partial charge < -0.3 is 25.6 Å². The van der Waals surface area contributed by atoms with Crippen LogP contribution in [0.1, 0.15) is 36.0 Å². The van der Waals surface area contributed by atoms with E-state index in [9.17, 15) is 4.79 Å². The van der Waals surface area contributed by atoms with Crippen molar-refractivity contribution in [2.45, 2.75) is 25.7 Å². The minimum atomic E-state index is -0.206. The van der Waals surface area contributed by atoms with Crippen molar-refractivity contribution >= 4 is 11.6 Å². The number of nitrogen functional groups attached to an aromatic ring is 1. The maximum Gasteiger partial charge on any atom is 0.253 e. The predicted octanol–water partition coefficient (Wildman–Crippen LogP) is 1.28. The van der Waals surface area contributed by atoms with Gasteiger partial charge in [-0.2, -0.15) is 0 Å². The van der Waals surface area contributed by atoms with E-state index in [-0.39, 0.29) is 19.3 Å². The number of aliphatic hydroxyl groups excluding tert-OH is 1. The number of nitrogens with one attached hydrogen (secondary N) is 1. The summed E-state index contributed by atoms with van der Waals surface area (Å²) in [6.45, 7) is 0.975. The number of rotatable bonds is 7. The van der Waals surface area contributed by atoms with Gasteiger partial charge in [0.1, 0.15) is 0 Å². The summed E-state index contributed by atoms with van der Waals surface area (Å²) >= 11 is 0. The zero-order valence-corrected chi connectivity index (χ0v) is 11.4. The van der Waals surface area contributed by atoms with Crippen molar-refractivity contribution in [2.24, 2.45) is 0 Å². The van der Waals surface area contributed by atoms with Gasteiger partial charge in [0, 0.05) is 24.9 Å². The second-order valence-electron chi connectivity index (χ2n) is 4.69. The molecule has 1 heterocycles. The van der Waals surface area contributed by atoms with Crippen molar-refractivity contribution in [3.05, 3.63) is 17.7 Å². The normalized spacial score (nSPS) is 12.4. The van der Waals surface area contributed by atoms with Gasteiger partial charge in [0.15, 0.2) is 11.5 Å². The first-order chi connectivity index (χ1) is 9.72. The Balaban J connectivity index is 1.83. The van der Waals surface area contributed by atoms with E-state index in [0.717, 1.165) is 25.7 Å². The molecule has 110 valence electrons. The topological polar surface area (TPSA) is 93.8 Å². The number of aliphatic hydroxyl groups is 1. The van der Waals surface area contributed by atoms with Gasteiger partial charge in [0.05, 0.1) is 5.56 Å². The van der Waals surface area contributed by atoms with Crippen molar-refractivity contribution in [1.29, 1.82) is 0 Å². The molecule has 4 N–H and O–H groups in total. The number of carbonyl (C=O) groups is 1. The van der Waals surface area contributed by atoms with E-state index in [1.807, 2.05) is 0 Å². The molecule has 20 heavy (non-hydrogen) atoms. The Morgan fingerprint density at radius 3 is 2.65 bits per heavy atom. The molecule has 6 nitrogen and oxygen atoms in total. The van der Waals surface area contributed by atoms with Gasteiger partial charge in [0.25, 0.3) is 5.91 Å². The van der Waals surface area contributed by atoms with Crippen molar-refractivity contribution in [3.8, 4) is 11.5 Å². The van der Waals surface area contributed by atoms with Gasteiger partial charge in [-0.3, -0.25) is 4.79 Å². The van der Waals surface area contributed by atoms with Crippen molar-refractivity contribution in [3.63, 3.8) is 0 Å². The SMILES string of the molecule is Nc1cc2c(cc1C(=O)NCCCCCCO)OCO2. The molecule has 0 aliphatic carbocycles. The van der Waals surface area contributed by atoms with Gasteiger partial charge >= 0.3 is 0 Å². The van der Waals surface area contributed by atoms with Gasteiger partial charge in [-0.05, 0) is 18.9 Å². The minimum Gasteiger partial charge on any atom is -0.454 e. The van der Waals surface area contributed by atoms with Crippen LogP contribution in [0.5, 0.6) is 11.5 Å². The number of carbonyl (C=O) groups excluding carboxylic acids is 1. The molecule has 6 heteroatoms. The monoisotopic (exact) mass is 280 g/mol. The summed E-state index contributed by atoms with van der Waals surface area (Å²) in [6, 6.07) is 3.22. The summed E-state index contributed by atoms with van der Waals surface area (Å²) in [4.78, 5) is 12.0. The molecule has 0 radical (unpaired) electrons. The number of benzene rings is 1. The Bertz CT molecular complexity index is 476. The number of fused-ring (bicyclic) bond motifs is 1. The van der Waals surface area contributed by atoms with Crippen LogP contribution in [-0.2, 0) is 0 Å². The number of amides is 1. The Labute approximate surface area is 117 Å². The number of ether oxygens (including phenoxy) is 2. The van der Waals surface area contributed by atoms with Crippen LogP contribution in [0.2, 0.25) is 0 Å². The van der Waals surface area contributed by atoms with Crippen molar-refractivity contribution < 1.29 is 19.4 Å². The number of nitrogens with two attached hydrogens (primary N) is 1. The Morgan fingerprint density at radius 1 is 1.20 bits per heavy atom. The molecular weight excluding hydrogens is 260 g/mol. The maximum atomic E-state index is 12.0. The molecule has 0 fully saturated rings. The molecule has 1 aliphatic rings. The largest absolute Gasteiger partial charge is 0.454 e. The highest BCUT2D eigenvalue weighted by molar-refractivity contribution is 6.00. The molecule has 1 aromatic rings. The van der Waals surface area contributed by atoms with Crippen molar-refractivity contribution in [2.75, 3.05) is 25.7 Å². The second-order valence-corrected chi connectivity index (χ2v) is 4.69. The molecule has 1 aromatic carbocycles.